The van der Waals surface area contributed by atoms with Gasteiger partial charge in [-0.1, -0.05) is 106 Å². The monoisotopic (exact) mass is 934 g/mol. The van der Waals surface area contributed by atoms with Crippen LogP contribution in [0.25, 0.3) is 54.8 Å². The van der Waals surface area contributed by atoms with E-state index in [9.17, 15) is 14.7 Å². The smallest absolute Gasteiger partial charge is 0.339 e. The Bertz CT molecular complexity index is 2560. The van der Waals surface area contributed by atoms with E-state index in [-0.39, 0.29) is 5.56 Å². The van der Waals surface area contributed by atoms with Gasteiger partial charge in [-0.15, -0.1) is 22.7 Å². The average molecular weight is 938 g/mol. The van der Waals surface area contributed by atoms with E-state index >= 15 is 0 Å². The second kappa shape index (κ2) is 17.5. The van der Waals surface area contributed by atoms with Crippen molar-refractivity contribution >= 4 is 120 Å². The van der Waals surface area contributed by atoms with Gasteiger partial charge in [0.15, 0.2) is 0 Å². The first-order valence-corrected chi connectivity index (χ1v) is 20.2. The van der Waals surface area contributed by atoms with Gasteiger partial charge in [0.25, 0.3) is 0 Å². The molecule has 1 N–H and O–H groups in total. The van der Waals surface area contributed by atoms with Gasteiger partial charge < -0.3 is 9.84 Å². The third kappa shape index (κ3) is 9.13. The number of thiazole rings is 2. The summed E-state index contributed by atoms with van der Waals surface area (Å²) in [5, 5.41) is 17.9. The Morgan fingerprint density at radius 3 is 1.59 bits per heavy atom. The number of rotatable bonds is 7. The van der Waals surface area contributed by atoms with Crippen molar-refractivity contribution < 1.29 is 19.4 Å². The van der Waals surface area contributed by atoms with Gasteiger partial charge in [-0.25, -0.2) is 19.6 Å². The Morgan fingerprint density at radius 2 is 1.09 bits per heavy atom. The molecule has 0 aliphatic carbocycles. The lowest BCUT2D eigenvalue weighted by Gasteiger charge is -2.10. The van der Waals surface area contributed by atoms with Crippen LogP contribution in [0.15, 0.2) is 106 Å². The second-order valence-corrected chi connectivity index (χ2v) is 16.3. The Balaban J connectivity index is 0.000000189. The van der Waals surface area contributed by atoms with Crippen LogP contribution in [-0.2, 0) is 4.74 Å². The maximum absolute atomic E-state index is 11.9. The number of carbonyl (C=O) groups is 2. The first-order chi connectivity index (χ1) is 25.8. The van der Waals surface area contributed by atoms with E-state index in [1.165, 1.54) is 29.8 Å². The van der Waals surface area contributed by atoms with Crippen molar-refractivity contribution in [1.29, 1.82) is 0 Å². The molecule has 0 fully saturated rings. The highest BCUT2D eigenvalue weighted by molar-refractivity contribution is 9.10. The van der Waals surface area contributed by atoms with Gasteiger partial charge in [-0.2, -0.15) is 0 Å². The summed E-state index contributed by atoms with van der Waals surface area (Å²) in [5.41, 5.74) is 6.48. The van der Waals surface area contributed by atoms with Crippen LogP contribution in [0.5, 0.6) is 0 Å². The van der Waals surface area contributed by atoms with E-state index in [1.54, 1.807) is 60.7 Å². The van der Waals surface area contributed by atoms with E-state index in [0.29, 0.717) is 61.9 Å². The number of esters is 1. The quantitative estimate of drug-likeness (QED) is 0.160. The third-order valence-electron chi connectivity index (χ3n) is 7.78. The number of ether oxygens (including phenoxy) is 1. The highest BCUT2D eigenvalue weighted by Gasteiger charge is 2.18. The van der Waals surface area contributed by atoms with Gasteiger partial charge >= 0.3 is 11.9 Å². The number of carboxylic acid groups (broad SMARTS) is 1. The standard InChI is InChI=1S/C22H11Cl4NO2S.C17H10BrCl2NO2S/c23-13-3-5-15(18(25)9-13)14-4-1-12(7-16(14)22(28)29)21-27-20(10-30-21)11-2-6-17(24)19(26)8-11;1-23-17(22)11-6-10(2-4-12(11)18)16-21-15(8-24-16)9-3-5-13(19)14(20)7-9/h1-10H,(H,28,29);2-8H,1H3. The first-order valence-electron chi connectivity index (χ1n) is 15.4. The molecule has 272 valence electrons. The number of methoxy groups -OCH3 is 1. The van der Waals surface area contributed by atoms with E-state index in [2.05, 4.69) is 25.9 Å². The fourth-order valence-corrected chi connectivity index (χ4v) is 8.28. The first kappa shape index (κ1) is 40.2. The van der Waals surface area contributed by atoms with Crippen LogP contribution >= 0.6 is 108 Å². The van der Waals surface area contributed by atoms with Crippen molar-refractivity contribution in [2.45, 2.75) is 0 Å². The molecule has 0 aliphatic heterocycles. The van der Waals surface area contributed by atoms with Gasteiger partial charge in [0.05, 0.1) is 49.7 Å². The summed E-state index contributed by atoms with van der Waals surface area (Å²) in [4.78, 5) is 33.0. The van der Waals surface area contributed by atoms with Crippen molar-refractivity contribution in [1.82, 2.24) is 9.97 Å². The molecule has 7 aromatic rings. The van der Waals surface area contributed by atoms with E-state index in [4.69, 9.17) is 74.3 Å². The highest BCUT2D eigenvalue weighted by Crippen LogP contribution is 2.38. The summed E-state index contributed by atoms with van der Waals surface area (Å²) in [6.45, 7) is 0. The largest absolute Gasteiger partial charge is 0.478 e. The average Bonchev–Trinajstić information content (AvgIpc) is 3.86. The predicted octanol–water partition coefficient (Wildman–Crippen LogP) is 14.8. The molecule has 0 saturated carbocycles. The zero-order valence-corrected chi connectivity index (χ0v) is 35.1. The molecular formula is C39H21BrCl6N2O4S2. The normalized spacial score (nSPS) is 10.8. The van der Waals surface area contributed by atoms with E-state index in [0.717, 1.165) is 33.1 Å². The molecule has 0 radical (unpaired) electrons. The minimum atomic E-state index is -1.06. The summed E-state index contributed by atoms with van der Waals surface area (Å²) >= 11 is 42.6. The molecule has 2 aromatic heterocycles. The van der Waals surface area contributed by atoms with E-state index in [1.807, 2.05) is 41.1 Å². The molecule has 0 saturated heterocycles. The lowest BCUT2D eigenvalue weighted by Crippen LogP contribution is -2.02. The highest BCUT2D eigenvalue weighted by atomic mass is 79.9. The number of carboxylic acids is 1. The second-order valence-electron chi connectivity index (χ2n) is 11.2. The zero-order chi connectivity index (χ0) is 38.7. The number of aromatic carboxylic acids is 1. The number of nitrogens with zero attached hydrogens (tertiary/aromatic N) is 2. The van der Waals surface area contributed by atoms with Gasteiger partial charge in [0.2, 0.25) is 0 Å². The number of hydrogen-bond donors (Lipinski definition) is 1. The van der Waals surface area contributed by atoms with Crippen molar-refractivity contribution in [2.75, 3.05) is 7.11 Å². The van der Waals surface area contributed by atoms with Gasteiger partial charge in [0.1, 0.15) is 10.0 Å². The summed E-state index contributed by atoms with van der Waals surface area (Å²) in [7, 11) is 1.35. The number of carbonyl (C=O) groups excluding carboxylic acids is 1. The van der Waals surface area contributed by atoms with E-state index < -0.39 is 11.9 Å². The number of benzene rings is 5. The lowest BCUT2D eigenvalue weighted by molar-refractivity contribution is 0.0598. The molecule has 0 unspecified atom stereocenters. The van der Waals surface area contributed by atoms with Crippen molar-refractivity contribution in [2.24, 2.45) is 0 Å². The number of hydrogen-bond acceptors (Lipinski definition) is 7. The van der Waals surface area contributed by atoms with Crippen LogP contribution in [0.2, 0.25) is 30.1 Å². The maximum Gasteiger partial charge on any atom is 0.339 e. The van der Waals surface area contributed by atoms with Crippen LogP contribution in [0, 0.1) is 0 Å². The van der Waals surface area contributed by atoms with Crippen LogP contribution in [0.4, 0.5) is 0 Å². The van der Waals surface area contributed by atoms with Crippen LogP contribution in [-0.4, -0.2) is 34.1 Å². The molecule has 5 aromatic carbocycles. The molecule has 54 heavy (non-hydrogen) atoms. The molecule has 0 atom stereocenters. The van der Waals surface area contributed by atoms with Gasteiger partial charge in [-0.3, -0.25) is 0 Å². The Labute approximate surface area is 356 Å². The minimum Gasteiger partial charge on any atom is -0.478 e. The molecule has 7 rings (SSSR count). The predicted molar refractivity (Wildman–Crippen MR) is 227 cm³/mol. The van der Waals surface area contributed by atoms with Crippen molar-refractivity contribution in [3.63, 3.8) is 0 Å². The lowest BCUT2D eigenvalue weighted by atomic mass is 9.97. The molecular weight excluding hydrogens is 917 g/mol. The third-order valence-corrected chi connectivity index (χ3v) is 12.3. The topological polar surface area (TPSA) is 89.4 Å². The molecule has 0 amide bonds. The molecule has 0 bridgehead atoms. The molecule has 2 heterocycles. The summed E-state index contributed by atoms with van der Waals surface area (Å²) in [6.07, 6.45) is 0. The van der Waals surface area contributed by atoms with Crippen molar-refractivity contribution in [3.05, 3.63) is 147 Å². The fourth-order valence-electron chi connectivity index (χ4n) is 5.11. The number of halogens is 7. The number of aromatic nitrogens is 2. The van der Waals surface area contributed by atoms with Crippen molar-refractivity contribution in [3.8, 4) is 54.8 Å². The molecule has 0 aliphatic rings. The van der Waals surface area contributed by atoms with Gasteiger partial charge in [0, 0.05) is 53.1 Å². The molecule has 0 spiro atoms. The van der Waals surface area contributed by atoms with Crippen LogP contribution < -0.4 is 0 Å². The summed E-state index contributed by atoms with van der Waals surface area (Å²) in [5.74, 6) is -1.45. The molecule has 6 nitrogen and oxygen atoms in total. The van der Waals surface area contributed by atoms with Crippen LogP contribution in [0.3, 0.4) is 0 Å². The zero-order valence-electron chi connectivity index (χ0n) is 27.3. The Kier molecular flexibility index (Phi) is 13.1. The molecule has 15 heteroatoms. The summed E-state index contributed by atoms with van der Waals surface area (Å²) < 4.78 is 5.47. The maximum atomic E-state index is 11.9. The Hall–Kier alpha value is -3.48. The SMILES string of the molecule is COC(=O)c1cc(-c2nc(-c3ccc(Cl)c(Cl)c3)cs2)ccc1Br.O=C(O)c1cc(-c2nc(-c3ccc(Cl)c(Cl)c3)cs2)ccc1-c1ccc(Cl)cc1Cl. The van der Waals surface area contributed by atoms with Crippen LogP contribution in [0.1, 0.15) is 20.7 Å². The minimum absolute atomic E-state index is 0.128. The van der Waals surface area contributed by atoms with Gasteiger partial charge in [-0.05, 0) is 76.1 Å². The summed E-state index contributed by atoms with van der Waals surface area (Å²) in [6, 6.07) is 26.3. The fraction of sp³-hybridized carbons (Fsp3) is 0.0256. The Morgan fingerprint density at radius 1 is 0.593 bits per heavy atom.